The Morgan fingerprint density at radius 2 is 0.734 bits per heavy atom. The molecule has 2 heterocycles. The van der Waals surface area contributed by atoms with Crippen LogP contribution in [-0.4, -0.2) is 4.57 Å². The van der Waals surface area contributed by atoms with Crippen molar-refractivity contribution in [3.63, 3.8) is 0 Å². The van der Waals surface area contributed by atoms with Gasteiger partial charge in [-0.1, -0.05) is 152 Å². The number of benzene rings is 10. The van der Waals surface area contributed by atoms with Gasteiger partial charge in [0.25, 0.3) is 0 Å². The van der Waals surface area contributed by atoms with E-state index >= 15 is 0 Å². The Morgan fingerprint density at radius 1 is 0.297 bits per heavy atom. The van der Waals surface area contributed by atoms with Gasteiger partial charge in [-0.3, -0.25) is 0 Å². The molecular formula is C61H42N3+. The number of pyridine rings is 1. The number of hydrogen-bond acceptors (Lipinski definition) is 1. The van der Waals surface area contributed by atoms with E-state index in [1.54, 1.807) is 0 Å². The third kappa shape index (κ3) is 6.77. The van der Waals surface area contributed by atoms with Gasteiger partial charge in [-0.15, -0.1) is 0 Å². The van der Waals surface area contributed by atoms with Crippen LogP contribution >= 0.6 is 0 Å². The van der Waals surface area contributed by atoms with Crippen molar-refractivity contribution < 1.29 is 4.57 Å². The Labute approximate surface area is 372 Å². The highest BCUT2D eigenvalue weighted by Crippen LogP contribution is 2.39. The summed E-state index contributed by atoms with van der Waals surface area (Å²) in [6, 6.07) is 87.9. The molecular weight excluding hydrogens is 775 g/mol. The van der Waals surface area contributed by atoms with Gasteiger partial charge < -0.3 is 9.47 Å². The topological polar surface area (TPSA) is 12.1 Å². The van der Waals surface area contributed by atoms with Crippen molar-refractivity contribution in [2.75, 3.05) is 4.90 Å². The summed E-state index contributed by atoms with van der Waals surface area (Å²) in [7, 11) is 0. The first-order valence-electron chi connectivity index (χ1n) is 21.9. The SMILES string of the molecule is c1ccc(-[n+]2ccc(N(c3ccc(-c4ccc5ccccc5c4)cc3)c3ccc(-c4ccc5c(c4)c4ccccc4n5-c4ccc(-c5ccc6ccccc6c5)cc4)cc3)cc2)cc1. The zero-order chi connectivity index (χ0) is 42.4. The predicted octanol–water partition coefficient (Wildman–Crippen LogP) is 15.8. The monoisotopic (exact) mass is 816 g/mol. The number of anilines is 3. The van der Waals surface area contributed by atoms with Crippen molar-refractivity contribution in [3.05, 3.63) is 255 Å². The van der Waals surface area contributed by atoms with E-state index in [1.165, 1.54) is 76.7 Å². The molecule has 0 atom stereocenters. The number of aromatic nitrogens is 2. The summed E-state index contributed by atoms with van der Waals surface area (Å²) in [6.07, 6.45) is 4.28. The lowest BCUT2D eigenvalue weighted by atomic mass is 10.0. The third-order valence-corrected chi connectivity index (χ3v) is 12.7. The highest BCUT2D eigenvalue weighted by molar-refractivity contribution is 6.10. The summed E-state index contributed by atoms with van der Waals surface area (Å²) < 4.78 is 4.55. The molecule has 3 nitrogen and oxygen atoms in total. The van der Waals surface area contributed by atoms with Crippen LogP contribution in [0.3, 0.4) is 0 Å². The molecule has 0 aliphatic rings. The van der Waals surface area contributed by atoms with Crippen molar-refractivity contribution in [3.8, 4) is 44.8 Å². The van der Waals surface area contributed by atoms with Crippen molar-refractivity contribution >= 4 is 60.4 Å². The average Bonchev–Trinajstić information content (AvgIpc) is 3.71. The molecule has 2 aromatic heterocycles. The molecule has 300 valence electrons. The van der Waals surface area contributed by atoms with E-state index in [9.17, 15) is 0 Å². The van der Waals surface area contributed by atoms with E-state index in [1.807, 2.05) is 0 Å². The van der Waals surface area contributed by atoms with Crippen LogP contribution in [-0.2, 0) is 0 Å². The molecule has 0 aliphatic carbocycles. The molecule has 12 aromatic rings. The largest absolute Gasteiger partial charge is 0.310 e. The first-order chi connectivity index (χ1) is 31.7. The normalized spacial score (nSPS) is 11.4. The van der Waals surface area contributed by atoms with E-state index in [0.29, 0.717) is 0 Å². The average molecular weight is 817 g/mol. The number of nitrogens with zero attached hydrogens (tertiary/aromatic N) is 3. The maximum absolute atomic E-state index is 2.40. The molecule has 0 fully saturated rings. The van der Waals surface area contributed by atoms with Crippen molar-refractivity contribution in [2.45, 2.75) is 0 Å². The van der Waals surface area contributed by atoms with Crippen molar-refractivity contribution in [1.82, 2.24) is 4.57 Å². The van der Waals surface area contributed by atoms with Gasteiger partial charge in [-0.05, 0) is 122 Å². The van der Waals surface area contributed by atoms with Crippen LogP contribution in [0.1, 0.15) is 0 Å². The molecule has 0 bridgehead atoms. The van der Waals surface area contributed by atoms with Crippen LogP contribution in [0, 0.1) is 0 Å². The van der Waals surface area contributed by atoms with E-state index in [4.69, 9.17) is 0 Å². The molecule has 12 rings (SSSR count). The molecule has 0 N–H and O–H groups in total. The zero-order valence-corrected chi connectivity index (χ0v) is 35.1. The van der Waals surface area contributed by atoms with E-state index in [-0.39, 0.29) is 0 Å². The fourth-order valence-electron chi connectivity index (χ4n) is 9.36. The fourth-order valence-corrected chi connectivity index (χ4v) is 9.36. The van der Waals surface area contributed by atoms with Crippen LogP contribution < -0.4 is 9.47 Å². The zero-order valence-electron chi connectivity index (χ0n) is 35.1. The summed E-state index contributed by atoms with van der Waals surface area (Å²) in [5.74, 6) is 0. The lowest BCUT2D eigenvalue weighted by Crippen LogP contribution is -2.29. The maximum atomic E-state index is 2.40. The Bertz CT molecular complexity index is 3630. The molecule has 3 heteroatoms. The fraction of sp³-hybridized carbons (Fsp3) is 0. The molecule has 0 spiro atoms. The molecule has 0 radical (unpaired) electrons. The van der Waals surface area contributed by atoms with E-state index in [2.05, 4.69) is 269 Å². The van der Waals surface area contributed by atoms with Gasteiger partial charge in [-0.25, -0.2) is 0 Å². The Kier molecular flexibility index (Phi) is 9.16. The summed E-state index contributed by atoms with van der Waals surface area (Å²) in [5.41, 5.74) is 15.1. The quantitative estimate of drug-likeness (QED) is 0.139. The summed E-state index contributed by atoms with van der Waals surface area (Å²) in [6.45, 7) is 0. The molecule has 0 saturated carbocycles. The number of rotatable bonds is 8. The molecule has 64 heavy (non-hydrogen) atoms. The predicted molar refractivity (Wildman–Crippen MR) is 268 cm³/mol. The molecule has 0 aliphatic heterocycles. The van der Waals surface area contributed by atoms with Crippen LogP contribution in [0.25, 0.3) is 88.1 Å². The van der Waals surface area contributed by atoms with E-state index in [0.717, 1.165) is 28.4 Å². The highest BCUT2D eigenvalue weighted by Gasteiger charge is 2.17. The van der Waals surface area contributed by atoms with Crippen molar-refractivity contribution in [2.24, 2.45) is 0 Å². The summed E-state index contributed by atoms with van der Waals surface area (Å²) in [5, 5.41) is 7.48. The van der Waals surface area contributed by atoms with Crippen LogP contribution in [0.2, 0.25) is 0 Å². The molecule has 10 aromatic carbocycles. The highest BCUT2D eigenvalue weighted by atomic mass is 15.1. The summed E-state index contributed by atoms with van der Waals surface area (Å²) in [4.78, 5) is 2.34. The third-order valence-electron chi connectivity index (χ3n) is 12.7. The first-order valence-corrected chi connectivity index (χ1v) is 21.9. The second kappa shape index (κ2) is 15.7. The second-order valence-corrected chi connectivity index (χ2v) is 16.5. The number of hydrogen-bond donors (Lipinski definition) is 0. The smallest absolute Gasteiger partial charge is 0.210 e. The molecule has 0 unspecified atom stereocenters. The Morgan fingerprint density at radius 3 is 1.33 bits per heavy atom. The van der Waals surface area contributed by atoms with Crippen LogP contribution in [0.4, 0.5) is 17.1 Å². The summed E-state index contributed by atoms with van der Waals surface area (Å²) >= 11 is 0. The second-order valence-electron chi connectivity index (χ2n) is 16.5. The van der Waals surface area contributed by atoms with Crippen molar-refractivity contribution in [1.29, 1.82) is 0 Å². The maximum Gasteiger partial charge on any atom is 0.210 e. The minimum Gasteiger partial charge on any atom is -0.310 e. The first kappa shape index (κ1) is 37.2. The van der Waals surface area contributed by atoms with Gasteiger partial charge in [0.05, 0.1) is 16.7 Å². The standard InChI is InChI=1S/C61H42N3/c1-2-14-53(15-3-1)62-38-36-57(37-39-62)63(54-29-22-45(23-30-54)50-20-18-43-10-4-6-12-48(43)40-50)55-31-24-47(25-32-55)52-28-35-61-59(42-52)58-16-8-9-17-60(58)64(61)56-33-26-46(27-34-56)51-21-19-44-11-5-7-13-49(44)41-51/h1-42H/q+1. The lowest BCUT2D eigenvalue weighted by Gasteiger charge is -2.25. The van der Waals surface area contributed by atoms with Crippen LogP contribution in [0.5, 0.6) is 0 Å². The minimum absolute atomic E-state index is 1.08. The van der Waals surface area contributed by atoms with E-state index < -0.39 is 0 Å². The molecule has 0 amide bonds. The van der Waals surface area contributed by atoms with Gasteiger partial charge in [-0.2, -0.15) is 4.57 Å². The Balaban J connectivity index is 0.885. The number of fused-ring (bicyclic) bond motifs is 5. The number of para-hydroxylation sites is 2. The van der Waals surface area contributed by atoms with Gasteiger partial charge in [0, 0.05) is 52.1 Å². The van der Waals surface area contributed by atoms with Gasteiger partial charge >= 0.3 is 0 Å². The molecule has 0 saturated heterocycles. The van der Waals surface area contributed by atoms with Gasteiger partial charge in [0.1, 0.15) is 0 Å². The minimum atomic E-state index is 1.08. The Hall–Kier alpha value is -8.53. The van der Waals surface area contributed by atoms with Gasteiger partial charge in [0.15, 0.2) is 12.4 Å². The lowest BCUT2D eigenvalue weighted by molar-refractivity contribution is -0.595. The van der Waals surface area contributed by atoms with Crippen LogP contribution in [0.15, 0.2) is 255 Å². The van der Waals surface area contributed by atoms with Gasteiger partial charge in [0.2, 0.25) is 5.69 Å².